The van der Waals surface area contributed by atoms with E-state index in [-0.39, 0.29) is 5.91 Å². The molecule has 0 saturated heterocycles. The number of carbonyl (C=O) groups is 1. The molecule has 1 amide bonds. The standard InChI is InChI=1S/C22H20ClNO2/c1-2-21(22(25)24-20-11-7-6-10-19(20)23)26-18-14-12-17(13-15-18)16-8-4-3-5-9-16/h3-15,21H,2H2,1H3,(H,24,25). The highest BCUT2D eigenvalue weighted by Crippen LogP contribution is 2.24. The highest BCUT2D eigenvalue weighted by molar-refractivity contribution is 6.33. The van der Waals surface area contributed by atoms with Crippen molar-refractivity contribution in [1.29, 1.82) is 0 Å². The normalized spacial score (nSPS) is 11.6. The minimum Gasteiger partial charge on any atom is -0.481 e. The summed E-state index contributed by atoms with van der Waals surface area (Å²) in [6.45, 7) is 1.91. The van der Waals surface area contributed by atoms with Crippen LogP contribution in [0.2, 0.25) is 5.02 Å². The van der Waals surface area contributed by atoms with Crippen molar-refractivity contribution >= 4 is 23.2 Å². The number of ether oxygens (including phenoxy) is 1. The van der Waals surface area contributed by atoms with E-state index >= 15 is 0 Å². The molecule has 0 radical (unpaired) electrons. The van der Waals surface area contributed by atoms with E-state index in [1.807, 2.05) is 61.5 Å². The van der Waals surface area contributed by atoms with E-state index in [0.29, 0.717) is 22.9 Å². The lowest BCUT2D eigenvalue weighted by Crippen LogP contribution is -2.32. The van der Waals surface area contributed by atoms with E-state index in [4.69, 9.17) is 16.3 Å². The van der Waals surface area contributed by atoms with Gasteiger partial charge in [0.2, 0.25) is 0 Å². The summed E-state index contributed by atoms with van der Waals surface area (Å²) in [5.41, 5.74) is 2.83. The predicted molar refractivity (Wildman–Crippen MR) is 107 cm³/mol. The SMILES string of the molecule is CCC(Oc1ccc(-c2ccccc2)cc1)C(=O)Nc1ccccc1Cl. The summed E-state index contributed by atoms with van der Waals surface area (Å²) in [6.07, 6.45) is -0.0367. The average molecular weight is 366 g/mol. The third-order valence-electron chi connectivity index (χ3n) is 4.03. The Morgan fingerprint density at radius 2 is 1.54 bits per heavy atom. The van der Waals surface area contributed by atoms with Gasteiger partial charge in [0.25, 0.3) is 5.91 Å². The van der Waals surface area contributed by atoms with Crippen LogP contribution in [0.3, 0.4) is 0 Å². The highest BCUT2D eigenvalue weighted by Gasteiger charge is 2.19. The summed E-state index contributed by atoms with van der Waals surface area (Å²) in [6, 6.07) is 25.0. The first-order chi connectivity index (χ1) is 12.7. The molecule has 3 nitrogen and oxygen atoms in total. The van der Waals surface area contributed by atoms with Crippen LogP contribution in [-0.4, -0.2) is 12.0 Å². The van der Waals surface area contributed by atoms with Gasteiger partial charge in [-0.2, -0.15) is 0 Å². The number of hydrogen-bond donors (Lipinski definition) is 1. The average Bonchev–Trinajstić information content (AvgIpc) is 2.69. The van der Waals surface area contributed by atoms with Gasteiger partial charge in [0, 0.05) is 0 Å². The second kappa shape index (κ2) is 8.54. The fourth-order valence-electron chi connectivity index (χ4n) is 2.62. The van der Waals surface area contributed by atoms with Gasteiger partial charge in [0.1, 0.15) is 5.75 Å². The van der Waals surface area contributed by atoms with Crippen LogP contribution in [0.5, 0.6) is 5.75 Å². The Labute approximate surface area is 158 Å². The lowest BCUT2D eigenvalue weighted by molar-refractivity contribution is -0.122. The second-order valence-corrected chi connectivity index (χ2v) is 6.28. The summed E-state index contributed by atoms with van der Waals surface area (Å²) in [7, 11) is 0. The summed E-state index contributed by atoms with van der Waals surface area (Å²) < 4.78 is 5.87. The maximum Gasteiger partial charge on any atom is 0.265 e. The van der Waals surface area contributed by atoms with Crippen LogP contribution in [0.25, 0.3) is 11.1 Å². The number of hydrogen-bond acceptors (Lipinski definition) is 2. The minimum absolute atomic E-state index is 0.215. The van der Waals surface area contributed by atoms with E-state index in [0.717, 1.165) is 11.1 Å². The smallest absolute Gasteiger partial charge is 0.265 e. The van der Waals surface area contributed by atoms with Crippen molar-refractivity contribution in [2.24, 2.45) is 0 Å². The zero-order valence-corrected chi connectivity index (χ0v) is 15.2. The first kappa shape index (κ1) is 18.0. The zero-order chi connectivity index (χ0) is 18.4. The topological polar surface area (TPSA) is 38.3 Å². The summed E-state index contributed by atoms with van der Waals surface area (Å²) in [4.78, 5) is 12.5. The molecule has 1 unspecified atom stereocenters. The summed E-state index contributed by atoms with van der Waals surface area (Å²) in [5, 5.41) is 3.33. The Kier molecular flexibility index (Phi) is 5.92. The van der Waals surface area contributed by atoms with Gasteiger partial charge in [0.05, 0.1) is 10.7 Å². The summed E-state index contributed by atoms with van der Waals surface area (Å²) >= 11 is 6.10. The van der Waals surface area contributed by atoms with Gasteiger partial charge < -0.3 is 10.1 Å². The first-order valence-corrected chi connectivity index (χ1v) is 8.92. The Morgan fingerprint density at radius 1 is 0.923 bits per heavy atom. The van der Waals surface area contributed by atoms with Crippen LogP contribution in [-0.2, 0) is 4.79 Å². The molecule has 0 fully saturated rings. The van der Waals surface area contributed by atoms with Gasteiger partial charge in [0.15, 0.2) is 6.10 Å². The van der Waals surface area contributed by atoms with Crippen LogP contribution < -0.4 is 10.1 Å². The van der Waals surface area contributed by atoms with Crippen molar-refractivity contribution in [3.63, 3.8) is 0 Å². The monoisotopic (exact) mass is 365 g/mol. The molecule has 0 heterocycles. The van der Waals surface area contributed by atoms with Gasteiger partial charge in [-0.05, 0) is 41.8 Å². The molecular weight excluding hydrogens is 346 g/mol. The predicted octanol–water partition coefficient (Wildman–Crippen LogP) is 5.80. The van der Waals surface area contributed by atoms with E-state index in [1.54, 1.807) is 12.1 Å². The molecule has 3 aromatic carbocycles. The lowest BCUT2D eigenvalue weighted by atomic mass is 10.1. The molecule has 0 aliphatic rings. The number of halogens is 1. The Balaban J connectivity index is 1.68. The molecule has 1 N–H and O–H groups in total. The number of amides is 1. The maximum atomic E-state index is 12.5. The number of benzene rings is 3. The Hall–Kier alpha value is -2.78. The molecule has 0 aliphatic carbocycles. The van der Waals surface area contributed by atoms with E-state index in [1.165, 1.54) is 0 Å². The molecular formula is C22H20ClNO2. The summed E-state index contributed by atoms with van der Waals surface area (Å²) in [5.74, 6) is 0.443. The van der Waals surface area contributed by atoms with Crippen LogP contribution in [0, 0.1) is 0 Å². The van der Waals surface area contributed by atoms with E-state index in [9.17, 15) is 4.79 Å². The largest absolute Gasteiger partial charge is 0.481 e. The zero-order valence-electron chi connectivity index (χ0n) is 14.5. The number of anilines is 1. The molecule has 0 spiro atoms. The van der Waals surface area contributed by atoms with Crippen LogP contribution in [0.15, 0.2) is 78.9 Å². The molecule has 1 atom stereocenters. The number of para-hydroxylation sites is 1. The number of carbonyl (C=O) groups excluding carboxylic acids is 1. The molecule has 0 aliphatic heterocycles. The Morgan fingerprint density at radius 3 is 2.19 bits per heavy atom. The quantitative estimate of drug-likeness (QED) is 0.599. The van der Waals surface area contributed by atoms with Gasteiger partial charge in [-0.3, -0.25) is 4.79 Å². The van der Waals surface area contributed by atoms with E-state index < -0.39 is 6.10 Å². The molecule has 4 heteroatoms. The second-order valence-electron chi connectivity index (χ2n) is 5.87. The molecule has 132 valence electrons. The van der Waals surface area contributed by atoms with Crippen molar-refractivity contribution in [1.82, 2.24) is 0 Å². The molecule has 0 saturated carbocycles. The molecule has 3 rings (SSSR count). The van der Waals surface area contributed by atoms with Gasteiger partial charge >= 0.3 is 0 Å². The lowest BCUT2D eigenvalue weighted by Gasteiger charge is -2.18. The molecule has 26 heavy (non-hydrogen) atoms. The van der Waals surface area contributed by atoms with Gasteiger partial charge in [-0.15, -0.1) is 0 Å². The fraction of sp³-hybridized carbons (Fsp3) is 0.136. The van der Waals surface area contributed by atoms with E-state index in [2.05, 4.69) is 17.4 Å². The van der Waals surface area contributed by atoms with Gasteiger partial charge in [-0.1, -0.05) is 73.1 Å². The van der Waals surface area contributed by atoms with Crippen molar-refractivity contribution < 1.29 is 9.53 Å². The van der Waals surface area contributed by atoms with Crippen molar-refractivity contribution in [2.45, 2.75) is 19.4 Å². The molecule has 3 aromatic rings. The third-order valence-corrected chi connectivity index (χ3v) is 4.36. The number of rotatable bonds is 6. The third kappa shape index (κ3) is 4.44. The molecule has 0 bridgehead atoms. The van der Waals surface area contributed by atoms with Crippen LogP contribution in [0.4, 0.5) is 5.69 Å². The Bertz CT molecular complexity index is 863. The minimum atomic E-state index is -0.589. The highest BCUT2D eigenvalue weighted by atomic mass is 35.5. The molecule has 0 aromatic heterocycles. The van der Waals surface area contributed by atoms with Crippen LogP contribution >= 0.6 is 11.6 Å². The van der Waals surface area contributed by atoms with Crippen molar-refractivity contribution in [3.05, 3.63) is 83.9 Å². The van der Waals surface area contributed by atoms with Gasteiger partial charge in [-0.25, -0.2) is 0 Å². The first-order valence-electron chi connectivity index (χ1n) is 8.55. The fourth-order valence-corrected chi connectivity index (χ4v) is 2.80. The maximum absolute atomic E-state index is 12.5. The van der Waals surface area contributed by atoms with Crippen LogP contribution in [0.1, 0.15) is 13.3 Å². The van der Waals surface area contributed by atoms with Crippen molar-refractivity contribution in [3.8, 4) is 16.9 Å². The van der Waals surface area contributed by atoms with Crippen molar-refractivity contribution in [2.75, 3.05) is 5.32 Å². The number of nitrogens with one attached hydrogen (secondary N) is 1.